The number of nitrogens with zero attached hydrogens (tertiary/aromatic N) is 4. The number of nitrogens with one attached hydrogen (secondary N) is 3. The molecule has 58 heavy (non-hydrogen) atoms. The molecule has 2 aliphatic heterocycles. The van der Waals surface area contributed by atoms with E-state index in [2.05, 4.69) is 16.0 Å². The standard InChI is InChI=1S/C43H61N7O8/c1-9-27(4)37-39(54)45-32(22-26(2)3)41(56)48(7)28(5)40(55)50-21-13-16-34(50)43(58)47(6)25-36(52)44-33(23-29-14-11-10-12-15-29)42(57)49(8)35(38(53)46-37)24-30-17-19-31(51)20-18-30/h10-12,14-15,17-20,26-28,32-35,37,51H,9,13,16,21-25H2,1-8H3,(H,44,52)(H,45,54)(H,46,53)/t27-,28+,32-,33-,34-,35-,37-/m0/s1. The topological polar surface area (TPSA) is 189 Å². The van der Waals surface area contributed by atoms with Crippen LogP contribution >= 0.6 is 0 Å². The van der Waals surface area contributed by atoms with Crippen LogP contribution in [0.4, 0.5) is 0 Å². The van der Waals surface area contributed by atoms with E-state index in [1.54, 1.807) is 38.1 Å². The van der Waals surface area contributed by atoms with Gasteiger partial charge in [0.2, 0.25) is 41.4 Å². The van der Waals surface area contributed by atoms with Gasteiger partial charge in [-0.3, -0.25) is 33.6 Å². The number of phenolic OH excluding ortho intramolecular Hbond substituents is 1. The second-order valence-electron chi connectivity index (χ2n) is 16.2. The third-order valence-electron chi connectivity index (χ3n) is 11.4. The van der Waals surface area contributed by atoms with Crippen LogP contribution in [0.15, 0.2) is 54.6 Å². The SMILES string of the molecule is CC[C@H](C)[C@@H]1NC(=O)[C@H](Cc2ccc(O)cc2)N(C)C(=O)[C@H](Cc2ccccc2)NC(=O)CN(C)C(=O)[C@@H]2CCCN2C(=O)[C@@H](C)N(C)C(=O)[C@H](CC(C)C)NC1=O. The summed E-state index contributed by atoms with van der Waals surface area (Å²) >= 11 is 0. The Morgan fingerprint density at radius 1 is 0.724 bits per heavy atom. The fraction of sp³-hybridized carbons (Fsp3) is 0.558. The summed E-state index contributed by atoms with van der Waals surface area (Å²) < 4.78 is 0. The van der Waals surface area contributed by atoms with Crippen LogP contribution in [0.25, 0.3) is 0 Å². The predicted octanol–water partition coefficient (Wildman–Crippen LogP) is 1.86. The maximum Gasteiger partial charge on any atom is 0.245 e. The lowest BCUT2D eigenvalue weighted by molar-refractivity contribution is -0.150. The Labute approximate surface area is 341 Å². The first-order chi connectivity index (χ1) is 27.4. The largest absolute Gasteiger partial charge is 0.508 e. The van der Waals surface area contributed by atoms with E-state index in [0.29, 0.717) is 24.8 Å². The molecule has 0 saturated carbocycles. The van der Waals surface area contributed by atoms with Crippen molar-refractivity contribution in [3.63, 3.8) is 0 Å². The van der Waals surface area contributed by atoms with Crippen LogP contribution < -0.4 is 16.0 Å². The second-order valence-corrected chi connectivity index (χ2v) is 16.2. The zero-order chi connectivity index (χ0) is 42.8. The van der Waals surface area contributed by atoms with Gasteiger partial charge in [-0.15, -0.1) is 0 Å². The van der Waals surface area contributed by atoms with Gasteiger partial charge in [0.1, 0.15) is 42.0 Å². The van der Waals surface area contributed by atoms with Crippen LogP contribution in [-0.2, 0) is 46.4 Å². The first kappa shape index (κ1) is 45.2. The molecule has 0 radical (unpaired) electrons. The molecule has 2 aromatic rings. The number of aromatic hydroxyl groups is 1. The Morgan fingerprint density at radius 3 is 1.97 bits per heavy atom. The average Bonchev–Trinajstić information content (AvgIpc) is 3.69. The number of likely N-dealkylation sites (N-methyl/N-ethyl adjacent to an activating group) is 3. The zero-order valence-electron chi connectivity index (χ0n) is 35.1. The van der Waals surface area contributed by atoms with Crippen LogP contribution in [-0.4, -0.2) is 137 Å². The van der Waals surface area contributed by atoms with Crippen molar-refractivity contribution in [1.29, 1.82) is 0 Å². The number of hydrogen-bond acceptors (Lipinski definition) is 8. The number of carbonyl (C=O) groups is 7. The van der Waals surface area contributed by atoms with Crippen LogP contribution in [0.1, 0.15) is 71.4 Å². The normalized spacial score (nSPS) is 25.6. The zero-order valence-corrected chi connectivity index (χ0v) is 35.1. The average molecular weight is 804 g/mol. The van der Waals surface area contributed by atoms with Crippen LogP contribution in [0.2, 0.25) is 0 Å². The van der Waals surface area contributed by atoms with Gasteiger partial charge in [0.05, 0.1) is 6.54 Å². The fourth-order valence-corrected chi connectivity index (χ4v) is 7.53. The smallest absolute Gasteiger partial charge is 0.245 e. The number of carbonyl (C=O) groups excluding carboxylic acids is 7. The van der Waals surface area contributed by atoms with Crippen LogP contribution in [0.5, 0.6) is 5.75 Å². The third kappa shape index (κ3) is 11.3. The lowest BCUT2D eigenvalue weighted by atomic mass is 9.95. The molecule has 0 spiro atoms. The molecular formula is C43H61N7O8. The summed E-state index contributed by atoms with van der Waals surface area (Å²) in [7, 11) is 4.41. The molecule has 15 heteroatoms. The van der Waals surface area contributed by atoms with Gasteiger partial charge in [-0.2, -0.15) is 0 Å². The van der Waals surface area contributed by atoms with Crippen molar-refractivity contribution >= 4 is 41.4 Å². The van der Waals surface area contributed by atoms with Gasteiger partial charge in [0.25, 0.3) is 0 Å². The van der Waals surface area contributed by atoms with E-state index in [0.717, 1.165) is 5.56 Å². The summed E-state index contributed by atoms with van der Waals surface area (Å²) in [4.78, 5) is 104. The van der Waals surface area contributed by atoms with E-state index in [9.17, 15) is 38.7 Å². The lowest BCUT2D eigenvalue weighted by Gasteiger charge is -2.35. The molecule has 0 unspecified atom stereocenters. The highest BCUT2D eigenvalue weighted by molar-refractivity contribution is 5.98. The minimum Gasteiger partial charge on any atom is -0.508 e. The molecule has 0 aromatic heterocycles. The van der Waals surface area contributed by atoms with Crippen molar-refractivity contribution in [2.45, 2.75) is 109 Å². The first-order valence-corrected chi connectivity index (χ1v) is 20.2. The summed E-state index contributed by atoms with van der Waals surface area (Å²) in [6.07, 6.45) is 1.71. The van der Waals surface area contributed by atoms with Crippen molar-refractivity contribution in [3.05, 3.63) is 65.7 Å². The first-order valence-electron chi connectivity index (χ1n) is 20.2. The highest BCUT2D eigenvalue weighted by Crippen LogP contribution is 2.23. The Balaban J connectivity index is 1.81. The number of phenols is 1. The monoisotopic (exact) mass is 803 g/mol. The second kappa shape index (κ2) is 20.3. The molecule has 316 valence electrons. The third-order valence-corrected chi connectivity index (χ3v) is 11.4. The Kier molecular flexibility index (Phi) is 15.8. The Morgan fingerprint density at radius 2 is 1.34 bits per heavy atom. The van der Waals surface area contributed by atoms with Crippen molar-refractivity contribution in [3.8, 4) is 5.75 Å². The van der Waals surface area contributed by atoms with E-state index in [1.165, 1.54) is 52.9 Å². The lowest BCUT2D eigenvalue weighted by Crippen LogP contribution is -2.61. The van der Waals surface area contributed by atoms with Crippen molar-refractivity contribution in [1.82, 2.24) is 35.6 Å². The van der Waals surface area contributed by atoms with Gasteiger partial charge < -0.3 is 40.7 Å². The number of benzene rings is 2. The Hall–Kier alpha value is -5.47. The quantitative estimate of drug-likeness (QED) is 0.311. The fourth-order valence-electron chi connectivity index (χ4n) is 7.53. The summed E-state index contributed by atoms with van der Waals surface area (Å²) in [6, 6.07) is 8.90. The summed E-state index contributed by atoms with van der Waals surface area (Å²) in [5, 5.41) is 18.6. The number of fused-ring (bicyclic) bond motifs is 1. The minimum absolute atomic E-state index is 0.00446. The minimum atomic E-state index is -1.19. The van der Waals surface area contributed by atoms with Crippen LogP contribution in [0, 0.1) is 11.8 Å². The van der Waals surface area contributed by atoms with Crippen LogP contribution in [0.3, 0.4) is 0 Å². The molecule has 15 nitrogen and oxygen atoms in total. The van der Waals surface area contributed by atoms with E-state index in [4.69, 9.17) is 0 Å². The van der Waals surface area contributed by atoms with Gasteiger partial charge in [-0.05, 0) is 61.3 Å². The number of rotatable bonds is 8. The van der Waals surface area contributed by atoms with Crippen molar-refractivity contribution in [2.75, 3.05) is 34.2 Å². The summed E-state index contributed by atoms with van der Waals surface area (Å²) in [5.41, 5.74) is 1.36. The van der Waals surface area contributed by atoms with E-state index in [-0.39, 0.29) is 37.5 Å². The summed E-state index contributed by atoms with van der Waals surface area (Å²) in [5.74, 6) is -4.27. The molecular weight excluding hydrogens is 743 g/mol. The summed E-state index contributed by atoms with van der Waals surface area (Å²) in [6.45, 7) is 8.95. The molecule has 7 amide bonds. The number of amides is 7. The van der Waals surface area contributed by atoms with Gasteiger partial charge in [0, 0.05) is 40.5 Å². The van der Waals surface area contributed by atoms with Gasteiger partial charge in [-0.1, -0.05) is 76.6 Å². The van der Waals surface area contributed by atoms with E-state index < -0.39 is 90.1 Å². The molecule has 2 saturated heterocycles. The molecule has 4 rings (SSSR count). The van der Waals surface area contributed by atoms with E-state index in [1.807, 2.05) is 39.0 Å². The molecule has 2 fully saturated rings. The molecule has 0 bridgehead atoms. The maximum atomic E-state index is 14.6. The highest BCUT2D eigenvalue weighted by Gasteiger charge is 2.42. The van der Waals surface area contributed by atoms with Gasteiger partial charge >= 0.3 is 0 Å². The van der Waals surface area contributed by atoms with Gasteiger partial charge in [0.15, 0.2) is 0 Å². The predicted molar refractivity (Wildman–Crippen MR) is 218 cm³/mol. The molecule has 2 aromatic carbocycles. The Bertz CT molecular complexity index is 1790. The maximum absolute atomic E-state index is 14.6. The van der Waals surface area contributed by atoms with Crippen molar-refractivity contribution in [2.24, 2.45) is 11.8 Å². The molecule has 4 N–H and O–H groups in total. The van der Waals surface area contributed by atoms with E-state index >= 15 is 0 Å². The molecule has 0 aliphatic carbocycles. The van der Waals surface area contributed by atoms with Gasteiger partial charge in [-0.25, -0.2) is 0 Å². The van der Waals surface area contributed by atoms with Crippen molar-refractivity contribution < 1.29 is 38.7 Å². The highest BCUT2D eigenvalue weighted by atomic mass is 16.3. The molecule has 2 heterocycles. The molecule has 7 atom stereocenters. The number of hydrogen-bond donors (Lipinski definition) is 4. The molecule has 2 aliphatic rings.